The Morgan fingerprint density at radius 1 is 1.08 bits per heavy atom. The zero-order valence-corrected chi connectivity index (χ0v) is 14.9. The van der Waals surface area contributed by atoms with Gasteiger partial charge in [0.15, 0.2) is 0 Å². The summed E-state index contributed by atoms with van der Waals surface area (Å²) in [5.74, 6) is 0.689. The van der Waals surface area contributed by atoms with Gasteiger partial charge in [-0.3, -0.25) is 4.79 Å². The van der Waals surface area contributed by atoms with Gasteiger partial charge in [0.05, 0.1) is 11.7 Å². The average Bonchev–Trinajstić information content (AvgIpc) is 3.11. The van der Waals surface area contributed by atoms with Gasteiger partial charge in [-0.05, 0) is 61.2 Å². The summed E-state index contributed by atoms with van der Waals surface area (Å²) in [6.07, 6.45) is 2.49. The second kappa shape index (κ2) is 6.80. The highest BCUT2D eigenvalue weighted by Gasteiger charge is 2.16. The molecule has 1 amide bonds. The molecule has 6 heteroatoms. The lowest BCUT2D eigenvalue weighted by molar-refractivity contribution is 0.102. The number of nitrogens with zero attached hydrogens (tertiary/aromatic N) is 3. The van der Waals surface area contributed by atoms with Crippen molar-refractivity contribution in [3.8, 4) is 0 Å². The van der Waals surface area contributed by atoms with Gasteiger partial charge in [-0.1, -0.05) is 6.92 Å². The molecule has 0 radical (unpaired) electrons. The van der Waals surface area contributed by atoms with Crippen LogP contribution in [-0.4, -0.2) is 27.7 Å². The Bertz CT molecular complexity index is 882. The van der Waals surface area contributed by atoms with E-state index in [0.29, 0.717) is 5.56 Å². The minimum Gasteiger partial charge on any atom is -0.372 e. The van der Waals surface area contributed by atoms with Gasteiger partial charge in [0.1, 0.15) is 11.0 Å². The number of carbonyl (C=O) groups is 1. The van der Waals surface area contributed by atoms with Crippen LogP contribution in [-0.2, 0) is 0 Å². The van der Waals surface area contributed by atoms with Crippen LogP contribution < -0.4 is 10.2 Å². The van der Waals surface area contributed by atoms with E-state index in [1.165, 1.54) is 18.5 Å². The largest absolute Gasteiger partial charge is 0.372 e. The molecule has 1 N–H and O–H groups in total. The molecule has 1 saturated heterocycles. The van der Waals surface area contributed by atoms with Gasteiger partial charge < -0.3 is 10.2 Å². The topological polar surface area (TPSA) is 58.1 Å². The molecule has 4 rings (SSSR count). The first-order valence-electron chi connectivity index (χ1n) is 8.58. The van der Waals surface area contributed by atoms with E-state index < -0.39 is 0 Å². The predicted molar refractivity (Wildman–Crippen MR) is 102 cm³/mol. The van der Waals surface area contributed by atoms with Gasteiger partial charge in [0.25, 0.3) is 5.91 Å². The SMILES string of the molecule is CC1CCN(c2ccc(NC(=O)c3ccc4nsnc4c3)cc2)CC1. The number of hydrogen-bond donors (Lipinski definition) is 1. The summed E-state index contributed by atoms with van der Waals surface area (Å²) in [7, 11) is 0. The summed E-state index contributed by atoms with van der Waals surface area (Å²) < 4.78 is 8.34. The fourth-order valence-electron chi connectivity index (χ4n) is 3.15. The molecule has 1 aliphatic rings. The number of nitrogens with one attached hydrogen (secondary N) is 1. The average molecular weight is 352 g/mol. The van der Waals surface area contributed by atoms with E-state index >= 15 is 0 Å². The number of aromatic nitrogens is 2. The lowest BCUT2D eigenvalue weighted by Gasteiger charge is -2.32. The third-order valence-electron chi connectivity index (χ3n) is 4.79. The molecule has 2 aromatic carbocycles. The van der Waals surface area contributed by atoms with Gasteiger partial charge in [0.2, 0.25) is 0 Å². The normalized spacial score (nSPS) is 15.5. The van der Waals surface area contributed by atoms with Crippen LogP contribution in [0.2, 0.25) is 0 Å². The van der Waals surface area contributed by atoms with Gasteiger partial charge >= 0.3 is 0 Å². The number of benzene rings is 2. The molecule has 0 bridgehead atoms. The lowest BCUT2D eigenvalue weighted by atomic mass is 9.99. The molecule has 0 aliphatic carbocycles. The minimum absolute atomic E-state index is 0.130. The third-order valence-corrected chi connectivity index (χ3v) is 5.35. The molecule has 25 heavy (non-hydrogen) atoms. The molecule has 5 nitrogen and oxygen atoms in total. The number of hydrogen-bond acceptors (Lipinski definition) is 5. The smallest absolute Gasteiger partial charge is 0.255 e. The summed E-state index contributed by atoms with van der Waals surface area (Å²) in [5.41, 5.74) is 4.19. The van der Waals surface area contributed by atoms with Crippen molar-refractivity contribution in [3.05, 3.63) is 48.0 Å². The van der Waals surface area contributed by atoms with E-state index in [-0.39, 0.29) is 5.91 Å². The van der Waals surface area contributed by atoms with E-state index in [2.05, 4.69) is 38.0 Å². The maximum atomic E-state index is 12.4. The first-order valence-corrected chi connectivity index (χ1v) is 9.31. The number of rotatable bonds is 3. The van der Waals surface area contributed by atoms with Crippen LogP contribution in [0.4, 0.5) is 11.4 Å². The van der Waals surface area contributed by atoms with Gasteiger partial charge in [-0.25, -0.2) is 0 Å². The molecule has 1 aromatic heterocycles. The predicted octanol–water partition coefficient (Wildman–Crippen LogP) is 4.18. The number of amides is 1. The first kappa shape index (κ1) is 16.0. The van der Waals surface area contributed by atoms with Crippen molar-refractivity contribution >= 4 is 40.0 Å². The van der Waals surface area contributed by atoms with Crippen molar-refractivity contribution < 1.29 is 4.79 Å². The maximum absolute atomic E-state index is 12.4. The number of carbonyl (C=O) groups excluding carboxylic acids is 1. The molecule has 1 aliphatic heterocycles. The summed E-state index contributed by atoms with van der Waals surface area (Å²) in [6, 6.07) is 13.5. The van der Waals surface area contributed by atoms with Crippen molar-refractivity contribution in [1.82, 2.24) is 8.75 Å². The van der Waals surface area contributed by atoms with Crippen LogP contribution in [0.25, 0.3) is 11.0 Å². The number of anilines is 2. The number of fused-ring (bicyclic) bond motifs is 1. The second-order valence-electron chi connectivity index (χ2n) is 6.64. The Kier molecular flexibility index (Phi) is 4.36. The molecule has 0 atom stereocenters. The van der Waals surface area contributed by atoms with Crippen molar-refractivity contribution in [2.45, 2.75) is 19.8 Å². The van der Waals surface area contributed by atoms with Crippen molar-refractivity contribution in [3.63, 3.8) is 0 Å². The highest BCUT2D eigenvalue weighted by Crippen LogP contribution is 2.24. The standard InChI is InChI=1S/C19H20N4OS/c1-13-8-10-23(11-9-13)16-5-3-15(4-6-16)20-19(24)14-2-7-17-18(12-14)22-25-21-17/h2-7,12-13H,8-11H2,1H3,(H,20,24). The Morgan fingerprint density at radius 2 is 1.80 bits per heavy atom. The van der Waals surface area contributed by atoms with Crippen molar-refractivity contribution in [1.29, 1.82) is 0 Å². The van der Waals surface area contributed by atoms with E-state index in [4.69, 9.17) is 0 Å². The van der Waals surface area contributed by atoms with Crippen LogP contribution >= 0.6 is 11.7 Å². The molecule has 1 fully saturated rings. The molecule has 3 aromatic rings. The van der Waals surface area contributed by atoms with Crippen LogP contribution in [0.15, 0.2) is 42.5 Å². The summed E-state index contributed by atoms with van der Waals surface area (Å²) in [4.78, 5) is 14.8. The molecular formula is C19H20N4OS. The summed E-state index contributed by atoms with van der Waals surface area (Å²) in [5, 5.41) is 2.95. The van der Waals surface area contributed by atoms with E-state index in [1.54, 1.807) is 12.1 Å². The zero-order valence-electron chi connectivity index (χ0n) is 14.1. The molecular weight excluding hydrogens is 332 g/mol. The molecule has 128 valence electrons. The molecule has 0 saturated carbocycles. The van der Waals surface area contributed by atoms with Crippen LogP contribution in [0, 0.1) is 5.92 Å². The highest BCUT2D eigenvalue weighted by molar-refractivity contribution is 7.00. The Morgan fingerprint density at radius 3 is 2.56 bits per heavy atom. The summed E-state index contributed by atoms with van der Waals surface area (Å²) in [6.45, 7) is 4.53. The Balaban J connectivity index is 1.44. The van der Waals surface area contributed by atoms with Gasteiger partial charge in [-0.15, -0.1) is 0 Å². The monoisotopic (exact) mass is 352 g/mol. The molecule has 0 unspecified atom stereocenters. The quantitative estimate of drug-likeness (QED) is 0.768. The minimum atomic E-state index is -0.130. The fourth-order valence-corrected chi connectivity index (χ4v) is 3.67. The Labute approximate surface area is 151 Å². The van der Waals surface area contributed by atoms with Crippen molar-refractivity contribution in [2.24, 2.45) is 5.92 Å². The lowest BCUT2D eigenvalue weighted by Crippen LogP contribution is -2.32. The second-order valence-corrected chi connectivity index (χ2v) is 7.17. The first-order chi connectivity index (χ1) is 12.2. The summed E-state index contributed by atoms with van der Waals surface area (Å²) >= 11 is 1.16. The van der Waals surface area contributed by atoms with Gasteiger partial charge in [0, 0.05) is 30.0 Å². The van der Waals surface area contributed by atoms with Crippen molar-refractivity contribution in [2.75, 3.05) is 23.3 Å². The van der Waals surface area contributed by atoms with E-state index in [0.717, 1.165) is 47.5 Å². The van der Waals surface area contributed by atoms with Crippen LogP contribution in [0.3, 0.4) is 0 Å². The third kappa shape index (κ3) is 3.49. The van der Waals surface area contributed by atoms with Crippen LogP contribution in [0.1, 0.15) is 30.1 Å². The Hall–Kier alpha value is -2.47. The maximum Gasteiger partial charge on any atom is 0.255 e. The molecule has 0 spiro atoms. The van der Waals surface area contributed by atoms with Gasteiger partial charge in [-0.2, -0.15) is 8.75 Å². The van der Waals surface area contributed by atoms with E-state index in [1.807, 2.05) is 18.2 Å². The zero-order chi connectivity index (χ0) is 17.2. The van der Waals surface area contributed by atoms with Crippen LogP contribution in [0.5, 0.6) is 0 Å². The van der Waals surface area contributed by atoms with E-state index in [9.17, 15) is 4.79 Å². The fraction of sp³-hybridized carbons (Fsp3) is 0.316. The highest BCUT2D eigenvalue weighted by atomic mass is 32.1. The molecule has 2 heterocycles. The number of piperidine rings is 1.